The molecule has 1 fully saturated rings. The SMILES string of the molecule is Cc1cnccc1C(=O)CN(C=O)CC1CC1. The lowest BCUT2D eigenvalue weighted by Crippen LogP contribution is -2.30. The summed E-state index contributed by atoms with van der Waals surface area (Å²) in [5, 5.41) is 0. The predicted octanol–water partition coefficient (Wildman–Crippen LogP) is 1.44. The van der Waals surface area contributed by atoms with E-state index in [9.17, 15) is 9.59 Å². The maximum absolute atomic E-state index is 12.0. The molecule has 0 unspecified atom stereocenters. The Morgan fingerprint density at radius 1 is 1.59 bits per heavy atom. The molecule has 0 N–H and O–H groups in total. The van der Waals surface area contributed by atoms with Gasteiger partial charge in [-0.05, 0) is 37.3 Å². The fraction of sp³-hybridized carbons (Fsp3) is 0.462. The van der Waals surface area contributed by atoms with Gasteiger partial charge in [0.25, 0.3) is 0 Å². The van der Waals surface area contributed by atoms with Gasteiger partial charge in [-0.3, -0.25) is 14.6 Å². The number of Topliss-reactive ketones (excluding diaryl/α,β-unsaturated/α-hetero) is 1. The Hall–Kier alpha value is -1.71. The van der Waals surface area contributed by atoms with Crippen molar-refractivity contribution >= 4 is 12.2 Å². The number of nitrogens with zero attached hydrogens (tertiary/aromatic N) is 2. The summed E-state index contributed by atoms with van der Waals surface area (Å²) in [5.41, 5.74) is 1.51. The highest BCUT2D eigenvalue weighted by atomic mass is 16.1. The van der Waals surface area contributed by atoms with E-state index in [1.165, 1.54) is 12.8 Å². The van der Waals surface area contributed by atoms with E-state index in [0.29, 0.717) is 18.0 Å². The Bertz CT molecular complexity index is 427. The van der Waals surface area contributed by atoms with Crippen molar-refractivity contribution in [2.45, 2.75) is 19.8 Å². The number of carbonyl (C=O) groups excluding carboxylic acids is 2. The highest BCUT2D eigenvalue weighted by molar-refractivity contribution is 5.99. The molecule has 1 aliphatic carbocycles. The Kier molecular flexibility index (Phi) is 3.52. The second-order valence-corrected chi connectivity index (χ2v) is 4.59. The lowest BCUT2D eigenvalue weighted by atomic mass is 10.1. The Morgan fingerprint density at radius 3 is 2.94 bits per heavy atom. The molecule has 4 heteroatoms. The zero-order chi connectivity index (χ0) is 12.3. The normalized spacial score (nSPS) is 14.4. The predicted molar refractivity (Wildman–Crippen MR) is 63.7 cm³/mol. The average Bonchev–Trinajstić information content (AvgIpc) is 3.12. The van der Waals surface area contributed by atoms with Crippen LogP contribution in [0.5, 0.6) is 0 Å². The zero-order valence-corrected chi connectivity index (χ0v) is 9.93. The van der Waals surface area contributed by atoms with Crippen molar-refractivity contribution in [3.63, 3.8) is 0 Å². The van der Waals surface area contributed by atoms with Crippen molar-refractivity contribution in [3.05, 3.63) is 29.6 Å². The first-order valence-corrected chi connectivity index (χ1v) is 5.84. The molecular formula is C13H16N2O2. The maximum atomic E-state index is 12.0. The molecule has 90 valence electrons. The third-order valence-electron chi connectivity index (χ3n) is 3.01. The Morgan fingerprint density at radius 2 is 2.35 bits per heavy atom. The van der Waals surface area contributed by atoms with Crippen molar-refractivity contribution in [2.24, 2.45) is 5.92 Å². The van der Waals surface area contributed by atoms with Crippen LogP contribution in [0.1, 0.15) is 28.8 Å². The summed E-state index contributed by atoms with van der Waals surface area (Å²) in [6.45, 7) is 2.73. The maximum Gasteiger partial charge on any atom is 0.210 e. The monoisotopic (exact) mass is 232 g/mol. The number of carbonyl (C=O) groups is 2. The number of ketones is 1. The van der Waals surface area contributed by atoms with Gasteiger partial charge in [0.15, 0.2) is 5.78 Å². The van der Waals surface area contributed by atoms with Gasteiger partial charge < -0.3 is 4.90 Å². The number of pyridine rings is 1. The van der Waals surface area contributed by atoms with E-state index < -0.39 is 0 Å². The van der Waals surface area contributed by atoms with E-state index in [1.54, 1.807) is 23.4 Å². The highest BCUT2D eigenvalue weighted by Gasteiger charge is 2.25. The van der Waals surface area contributed by atoms with Crippen LogP contribution in [-0.4, -0.2) is 35.2 Å². The fourth-order valence-corrected chi connectivity index (χ4v) is 1.83. The molecule has 0 saturated heterocycles. The molecule has 1 aliphatic rings. The van der Waals surface area contributed by atoms with Crippen molar-refractivity contribution in [3.8, 4) is 0 Å². The summed E-state index contributed by atoms with van der Waals surface area (Å²) in [4.78, 5) is 28.4. The largest absolute Gasteiger partial charge is 0.337 e. The topological polar surface area (TPSA) is 50.3 Å². The first-order valence-electron chi connectivity index (χ1n) is 5.84. The van der Waals surface area contributed by atoms with E-state index in [2.05, 4.69) is 4.98 Å². The van der Waals surface area contributed by atoms with Crippen LogP contribution >= 0.6 is 0 Å². The molecule has 0 aromatic carbocycles. The fourth-order valence-electron chi connectivity index (χ4n) is 1.83. The number of rotatable bonds is 6. The summed E-state index contributed by atoms with van der Waals surface area (Å²) in [6, 6.07) is 1.71. The average molecular weight is 232 g/mol. The van der Waals surface area contributed by atoms with E-state index in [1.807, 2.05) is 6.92 Å². The van der Waals surface area contributed by atoms with Crippen LogP contribution in [0, 0.1) is 12.8 Å². The van der Waals surface area contributed by atoms with Gasteiger partial charge in [-0.15, -0.1) is 0 Å². The molecule has 0 radical (unpaired) electrons. The summed E-state index contributed by atoms with van der Waals surface area (Å²) in [7, 11) is 0. The summed E-state index contributed by atoms with van der Waals surface area (Å²) >= 11 is 0. The van der Waals surface area contributed by atoms with Crippen LogP contribution in [0.25, 0.3) is 0 Å². The quantitative estimate of drug-likeness (QED) is 0.551. The van der Waals surface area contributed by atoms with Gasteiger partial charge in [0.2, 0.25) is 6.41 Å². The van der Waals surface area contributed by atoms with Crippen LogP contribution in [-0.2, 0) is 4.79 Å². The minimum absolute atomic E-state index is 0.0161. The molecule has 17 heavy (non-hydrogen) atoms. The van der Waals surface area contributed by atoms with E-state index in [-0.39, 0.29) is 12.3 Å². The minimum atomic E-state index is -0.0161. The lowest BCUT2D eigenvalue weighted by Gasteiger charge is -2.16. The lowest BCUT2D eigenvalue weighted by molar-refractivity contribution is -0.118. The van der Waals surface area contributed by atoms with Crippen molar-refractivity contribution in [1.29, 1.82) is 0 Å². The Balaban J connectivity index is 1.99. The van der Waals surface area contributed by atoms with Crippen LogP contribution in [0.4, 0.5) is 0 Å². The second-order valence-electron chi connectivity index (χ2n) is 4.59. The number of amides is 1. The Labute approximate surface area is 101 Å². The molecule has 4 nitrogen and oxygen atoms in total. The molecule has 0 aliphatic heterocycles. The van der Waals surface area contributed by atoms with Crippen LogP contribution < -0.4 is 0 Å². The zero-order valence-electron chi connectivity index (χ0n) is 9.93. The molecule has 0 atom stereocenters. The molecule has 1 saturated carbocycles. The first kappa shape index (κ1) is 11.8. The van der Waals surface area contributed by atoms with E-state index >= 15 is 0 Å². The number of aryl methyl sites for hydroxylation is 1. The van der Waals surface area contributed by atoms with Crippen LogP contribution in [0.3, 0.4) is 0 Å². The van der Waals surface area contributed by atoms with Gasteiger partial charge in [-0.2, -0.15) is 0 Å². The third kappa shape index (κ3) is 3.12. The smallest absolute Gasteiger partial charge is 0.210 e. The van der Waals surface area contributed by atoms with Gasteiger partial charge in [0.1, 0.15) is 0 Å². The van der Waals surface area contributed by atoms with Gasteiger partial charge in [0.05, 0.1) is 6.54 Å². The van der Waals surface area contributed by atoms with Gasteiger partial charge >= 0.3 is 0 Å². The van der Waals surface area contributed by atoms with Crippen LogP contribution in [0.15, 0.2) is 18.5 Å². The molecule has 1 aromatic rings. The molecular weight excluding hydrogens is 216 g/mol. The molecule has 1 heterocycles. The summed E-state index contributed by atoms with van der Waals surface area (Å²) < 4.78 is 0. The molecule has 1 aromatic heterocycles. The second kappa shape index (κ2) is 5.08. The number of hydrogen-bond acceptors (Lipinski definition) is 3. The van der Waals surface area contributed by atoms with Crippen molar-refractivity contribution in [2.75, 3.05) is 13.1 Å². The number of aromatic nitrogens is 1. The van der Waals surface area contributed by atoms with Crippen molar-refractivity contribution in [1.82, 2.24) is 9.88 Å². The van der Waals surface area contributed by atoms with Crippen molar-refractivity contribution < 1.29 is 9.59 Å². The van der Waals surface area contributed by atoms with Gasteiger partial charge in [-0.1, -0.05) is 0 Å². The third-order valence-corrected chi connectivity index (χ3v) is 3.01. The molecule has 0 bridgehead atoms. The summed E-state index contributed by atoms with van der Waals surface area (Å²) in [5.74, 6) is 0.587. The molecule has 2 rings (SSSR count). The standard InChI is InChI=1S/C13H16N2O2/c1-10-6-14-5-4-12(10)13(17)8-15(9-16)7-11-2-3-11/h4-6,9,11H,2-3,7-8H2,1H3. The molecule has 0 spiro atoms. The summed E-state index contributed by atoms with van der Waals surface area (Å²) in [6.07, 6.45) is 6.39. The number of hydrogen-bond donors (Lipinski definition) is 0. The first-order chi connectivity index (χ1) is 8.20. The minimum Gasteiger partial charge on any atom is -0.337 e. The van der Waals surface area contributed by atoms with E-state index in [4.69, 9.17) is 0 Å². The van der Waals surface area contributed by atoms with Gasteiger partial charge in [-0.25, -0.2) is 0 Å². The van der Waals surface area contributed by atoms with Gasteiger partial charge in [0, 0.05) is 24.5 Å². The highest BCUT2D eigenvalue weighted by Crippen LogP contribution is 2.29. The molecule has 1 amide bonds. The van der Waals surface area contributed by atoms with E-state index in [0.717, 1.165) is 12.0 Å². The van der Waals surface area contributed by atoms with Crippen LogP contribution in [0.2, 0.25) is 0 Å².